The molecule has 0 unspecified atom stereocenters. The lowest BCUT2D eigenvalue weighted by Crippen LogP contribution is -2.15. The topological polar surface area (TPSA) is 109 Å². The van der Waals surface area contributed by atoms with E-state index in [4.69, 9.17) is 19.5 Å². The van der Waals surface area contributed by atoms with E-state index >= 15 is 0 Å². The molecule has 2 N–H and O–H groups in total. The molecule has 0 fully saturated rings. The van der Waals surface area contributed by atoms with E-state index in [0.717, 1.165) is 102 Å². The van der Waals surface area contributed by atoms with Gasteiger partial charge in [-0.15, -0.1) is 0 Å². The van der Waals surface area contributed by atoms with Crippen molar-refractivity contribution < 1.29 is 19.7 Å². The number of hydrogen-bond acceptors (Lipinski definition) is 8. The van der Waals surface area contributed by atoms with Gasteiger partial charge < -0.3 is 19.7 Å². The maximum atomic E-state index is 12.4. The Morgan fingerprint density at radius 1 is 0.532 bits per heavy atom. The summed E-state index contributed by atoms with van der Waals surface area (Å²) in [6.07, 6.45) is 13.9. The zero-order chi connectivity index (χ0) is 44.0. The van der Waals surface area contributed by atoms with Crippen molar-refractivity contribution in [1.29, 1.82) is 0 Å². The van der Waals surface area contributed by atoms with Crippen molar-refractivity contribution in [1.82, 2.24) is 9.97 Å². The Morgan fingerprint density at radius 2 is 0.871 bits per heavy atom. The zero-order valence-electron chi connectivity index (χ0n) is 37.5. The third-order valence-electron chi connectivity index (χ3n) is 11.2. The van der Waals surface area contributed by atoms with Crippen LogP contribution in [0.15, 0.2) is 108 Å². The molecule has 0 amide bonds. The second kappa shape index (κ2) is 18.8. The second-order valence-corrected chi connectivity index (χ2v) is 18.5. The predicted octanol–water partition coefficient (Wildman–Crippen LogP) is 12.2. The van der Waals surface area contributed by atoms with Crippen molar-refractivity contribution in [3.63, 3.8) is 0 Å². The number of rotatable bonds is 10. The summed E-state index contributed by atoms with van der Waals surface area (Å²) >= 11 is 0. The van der Waals surface area contributed by atoms with Crippen LogP contribution in [0.4, 0.5) is 11.4 Å². The highest BCUT2D eigenvalue weighted by Gasteiger charge is 2.26. The number of aromatic nitrogens is 2. The molecule has 2 heterocycles. The quantitative estimate of drug-likeness (QED) is 0.133. The van der Waals surface area contributed by atoms with Gasteiger partial charge in [-0.3, -0.25) is 20.0 Å². The van der Waals surface area contributed by atoms with Crippen LogP contribution in [0.25, 0.3) is 0 Å². The number of phenols is 2. The standard InChI is InChI=1S/C54H60N4O4/c1-9-17-61-51-41-19-37-27-47(57-33-35-13-11-15-55-31-35)29-39(49(37)59)21-43-25-46(54(6,7)8)26-44(52(43)62-18-10-2)22-40-30-48(58-34-36-14-12-16-56-32-36)28-38(50(40)60)20-42(51)24-45(23-41)53(3,4)5/h11-16,23-34,59-60H,9-10,17-22H2,1-8H3. The minimum Gasteiger partial charge on any atom is -0.507 e. The minimum atomic E-state index is -0.206. The number of aromatic hydroxyl groups is 2. The Balaban J connectivity index is 1.53. The number of hydrogen-bond donors (Lipinski definition) is 2. The number of pyridine rings is 2. The summed E-state index contributed by atoms with van der Waals surface area (Å²) in [6.45, 7) is 18.5. The highest BCUT2D eigenvalue weighted by Crippen LogP contribution is 2.43. The van der Waals surface area contributed by atoms with Crippen molar-refractivity contribution in [2.75, 3.05) is 13.2 Å². The average molecular weight is 829 g/mol. The molecule has 2 aromatic heterocycles. The third-order valence-corrected chi connectivity index (χ3v) is 11.2. The molecule has 1 aliphatic rings. The summed E-state index contributed by atoms with van der Waals surface area (Å²) < 4.78 is 13.4. The maximum absolute atomic E-state index is 12.4. The molecule has 7 rings (SSSR count). The van der Waals surface area contributed by atoms with Crippen LogP contribution >= 0.6 is 0 Å². The van der Waals surface area contributed by atoms with Gasteiger partial charge in [-0.1, -0.05) is 91.8 Å². The molecule has 8 nitrogen and oxygen atoms in total. The van der Waals surface area contributed by atoms with E-state index < -0.39 is 0 Å². The molecule has 320 valence electrons. The number of ether oxygens (including phenoxy) is 2. The van der Waals surface area contributed by atoms with Crippen LogP contribution in [0.2, 0.25) is 0 Å². The number of aliphatic imine (C=N–C) groups is 2. The van der Waals surface area contributed by atoms with Gasteiger partial charge in [0.05, 0.1) is 24.6 Å². The summed E-state index contributed by atoms with van der Waals surface area (Å²) in [7, 11) is 0. The van der Waals surface area contributed by atoms with Gasteiger partial charge >= 0.3 is 0 Å². The van der Waals surface area contributed by atoms with Crippen LogP contribution < -0.4 is 9.47 Å². The summed E-state index contributed by atoms with van der Waals surface area (Å²) in [5.41, 5.74) is 11.9. The molecule has 62 heavy (non-hydrogen) atoms. The van der Waals surface area contributed by atoms with E-state index in [1.165, 1.54) is 0 Å². The first-order valence-corrected chi connectivity index (χ1v) is 21.9. The summed E-state index contributed by atoms with van der Waals surface area (Å²) in [4.78, 5) is 18.5. The third kappa shape index (κ3) is 10.4. The molecular formula is C54H60N4O4. The van der Waals surface area contributed by atoms with Gasteiger partial charge in [-0.25, -0.2) is 0 Å². The van der Waals surface area contributed by atoms with Crippen molar-refractivity contribution in [2.45, 2.75) is 105 Å². The van der Waals surface area contributed by atoms with Crippen LogP contribution in [0.3, 0.4) is 0 Å². The van der Waals surface area contributed by atoms with E-state index in [2.05, 4.69) is 89.6 Å². The number of nitrogens with zero attached hydrogens (tertiary/aromatic N) is 4. The van der Waals surface area contributed by atoms with Gasteiger partial charge in [0, 0.05) is 96.3 Å². The fraction of sp³-hybridized carbons (Fsp3) is 0.333. The maximum Gasteiger partial charge on any atom is 0.126 e. The van der Waals surface area contributed by atoms with Crippen LogP contribution in [0.5, 0.6) is 23.0 Å². The van der Waals surface area contributed by atoms with E-state index in [9.17, 15) is 10.2 Å². The smallest absolute Gasteiger partial charge is 0.126 e. The Kier molecular flexibility index (Phi) is 13.3. The van der Waals surface area contributed by atoms with Crippen molar-refractivity contribution in [2.24, 2.45) is 9.98 Å². The Bertz CT molecular complexity index is 2310. The molecule has 6 aromatic rings. The molecule has 8 heteroatoms. The van der Waals surface area contributed by atoms with Crippen LogP contribution in [-0.2, 0) is 36.5 Å². The molecule has 0 saturated heterocycles. The Labute approximate surface area is 367 Å². The van der Waals surface area contributed by atoms with Gasteiger partial charge in [0.15, 0.2) is 0 Å². The molecule has 1 aliphatic carbocycles. The number of phenolic OH excluding ortho intramolecular Hbond substituents is 2. The van der Waals surface area contributed by atoms with E-state index in [1.807, 2.05) is 61.0 Å². The number of fused-ring (bicyclic) bond motifs is 8. The Morgan fingerprint density at radius 3 is 1.15 bits per heavy atom. The number of benzene rings is 4. The van der Waals surface area contributed by atoms with E-state index in [0.29, 0.717) is 38.9 Å². The van der Waals surface area contributed by atoms with Crippen molar-refractivity contribution in [3.8, 4) is 23.0 Å². The van der Waals surface area contributed by atoms with Gasteiger partial charge in [-0.2, -0.15) is 0 Å². The largest absolute Gasteiger partial charge is 0.507 e. The molecule has 8 bridgehead atoms. The normalized spacial score (nSPS) is 13.2. The molecule has 0 atom stereocenters. The first-order valence-electron chi connectivity index (χ1n) is 21.9. The zero-order valence-corrected chi connectivity index (χ0v) is 37.5. The average Bonchev–Trinajstić information content (AvgIpc) is 3.24. The summed E-state index contributed by atoms with van der Waals surface area (Å²) in [5.74, 6) is 1.98. The monoisotopic (exact) mass is 828 g/mol. The molecule has 4 aromatic carbocycles. The van der Waals surface area contributed by atoms with E-state index in [1.54, 1.807) is 24.8 Å². The molecule has 0 saturated carbocycles. The molecule has 0 aliphatic heterocycles. The highest BCUT2D eigenvalue weighted by atomic mass is 16.5. The van der Waals surface area contributed by atoms with Gasteiger partial charge in [0.1, 0.15) is 23.0 Å². The first kappa shape index (κ1) is 43.8. The van der Waals surface area contributed by atoms with Crippen LogP contribution in [-0.4, -0.2) is 45.8 Å². The van der Waals surface area contributed by atoms with Gasteiger partial charge in [0.2, 0.25) is 0 Å². The SMILES string of the molecule is CCCOc1c2cc(C(C)(C)C)cc1Cc1cc(N=Cc3cccnc3)cc(c1O)Cc1cc(C(C)(C)C)cc(c1OCCC)Cc1cc(N=Cc3cccnc3)cc(c1O)C2. The highest BCUT2D eigenvalue weighted by molar-refractivity contribution is 5.82. The van der Waals surface area contributed by atoms with E-state index in [-0.39, 0.29) is 22.3 Å². The van der Waals surface area contributed by atoms with Crippen molar-refractivity contribution >= 4 is 23.8 Å². The lowest BCUT2D eigenvalue weighted by atomic mass is 9.81. The first-order chi connectivity index (χ1) is 29.7. The predicted molar refractivity (Wildman–Crippen MR) is 252 cm³/mol. The van der Waals surface area contributed by atoms with Crippen LogP contribution in [0, 0.1) is 0 Å². The molecular weight excluding hydrogens is 769 g/mol. The fourth-order valence-corrected chi connectivity index (χ4v) is 7.87. The second-order valence-electron chi connectivity index (χ2n) is 18.5. The molecule has 0 spiro atoms. The van der Waals surface area contributed by atoms with Crippen molar-refractivity contribution in [3.05, 3.63) is 164 Å². The fourth-order valence-electron chi connectivity index (χ4n) is 7.87. The van der Waals surface area contributed by atoms with Gasteiger partial charge in [0.25, 0.3) is 0 Å². The lowest BCUT2D eigenvalue weighted by molar-refractivity contribution is 0.311. The molecule has 0 radical (unpaired) electrons. The summed E-state index contributed by atoms with van der Waals surface area (Å²) in [6, 6.07) is 24.5. The van der Waals surface area contributed by atoms with Crippen LogP contribution in [0.1, 0.15) is 135 Å². The Hall–Kier alpha value is -6.28. The van der Waals surface area contributed by atoms with Gasteiger partial charge in [-0.05, 0) is 93.5 Å². The summed E-state index contributed by atoms with van der Waals surface area (Å²) in [5, 5.41) is 24.9. The minimum absolute atomic E-state index is 0.206. The lowest BCUT2D eigenvalue weighted by Gasteiger charge is -2.26.